The minimum atomic E-state index is -0.615. The fourth-order valence-electron chi connectivity index (χ4n) is 3.44. The first-order valence-electron chi connectivity index (χ1n) is 8.26. The van der Waals surface area contributed by atoms with Crippen molar-refractivity contribution in [3.63, 3.8) is 0 Å². The SMILES string of the molecule is O=C(c1cccc2c1OCCO2)N1C[C@H](O)C[C@@H]1c1ccc(F)cc1. The third-order valence-corrected chi connectivity index (χ3v) is 4.59. The van der Waals surface area contributed by atoms with Gasteiger partial charge in [-0.15, -0.1) is 0 Å². The van der Waals surface area contributed by atoms with E-state index in [0.717, 1.165) is 5.56 Å². The zero-order chi connectivity index (χ0) is 17.4. The molecule has 2 aliphatic heterocycles. The lowest BCUT2D eigenvalue weighted by atomic mass is 10.0. The molecule has 0 radical (unpaired) electrons. The van der Waals surface area contributed by atoms with Crippen LogP contribution in [0.5, 0.6) is 11.5 Å². The highest BCUT2D eigenvalue weighted by Crippen LogP contribution is 2.38. The summed E-state index contributed by atoms with van der Waals surface area (Å²) in [4.78, 5) is 14.7. The molecule has 1 N–H and O–H groups in total. The van der Waals surface area contributed by atoms with Crippen LogP contribution in [0.25, 0.3) is 0 Å². The number of nitrogens with zero attached hydrogens (tertiary/aromatic N) is 1. The molecule has 0 saturated carbocycles. The van der Waals surface area contributed by atoms with Crippen molar-refractivity contribution in [2.75, 3.05) is 19.8 Å². The van der Waals surface area contributed by atoms with Crippen molar-refractivity contribution in [3.8, 4) is 11.5 Å². The summed E-state index contributed by atoms with van der Waals surface area (Å²) in [5.41, 5.74) is 1.21. The lowest BCUT2D eigenvalue weighted by molar-refractivity contribution is 0.0705. The number of para-hydroxylation sites is 1. The number of β-amino-alcohol motifs (C(OH)–C–C–N with tert-alkyl or cyclic N) is 1. The zero-order valence-electron chi connectivity index (χ0n) is 13.5. The van der Waals surface area contributed by atoms with Crippen LogP contribution < -0.4 is 9.47 Å². The summed E-state index contributed by atoms with van der Waals surface area (Å²) in [7, 11) is 0. The number of hydrogen-bond donors (Lipinski definition) is 1. The molecule has 2 atom stereocenters. The molecule has 0 unspecified atom stereocenters. The van der Waals surface area contributed by atoms with E-state index in [1.165, 1.54) is 12.1 Å². The van der Waals surface area contributed by atoms with E-state index in [4.69, 9.17) is 9.47 Å². The maximum absolute atomic E-state index is 13.2. The molecule has 1 saturated heterocycles. The van der Waals surface area contributed by atoms with Crippen LogP contribution in [0.2, 0.25) is 0 Å². The van der Waals surface area contributed by atoms with E-state index in [9.17, 15) is 14.3 Å². The smallest absolute Gasteiger partial charge is 0.258 e. The highest BCUT2D eigenvalue weighted by molar-refractivity contribution is 5.98. The maximum atomic E-state index is 13.2. The number of carbonyl (C=O) groups excluding carboxylic acids is 1. The molecule has 130 valence electrons. The van der Waals surface area contributed by atoms with Crippen LogP contribution in [0, 0.1) is 5.82 Å². The second kappa shape index (κ2) is 6.37. The van der Waals surface area contributed by atoms with E-state index < -0.39 is 6.10 Å². The highest BCUT2D eigenvalue weighted by Gasteiger charge is 2.37. The Hall–Kier alpha value is -2.60. The van der Waals surface area contributed by atoms with Crippen LogP contribution in [0.15, 0.2) is 42.5 Å². The first kappa shape index (κ1) is 15.9. The van der Waals surface area contributed by atoms with E-state index in [1.54, 1.807) is 35.2 Å². The summed E-state index contributed by atoms with van der Waals surface area (Å²) in [6, 6.07) is 10.9. The summed E-state index contributed by atoms with van der Waals surface area (Å²) in [5.74, 6) is 0.434. The number of benzene rings is 2. The van der Waals surface area contributed by atoms with E-state index in [1.807, 2.05) is 0 Å². The fourth-order valence-corrected chi connectivity index (χ4v) is 3.44. The average molecular weight is 343 g/mol. The number of aliphatic hydroxyl groups excluding tert-OH is 1. The number of halogens is 1. The number of ether oxygens (including phenoxy) is 2. The predicted molar refractivity (Wildman–Crippen MR) is 88.2 cm³/mol. The van der Waals surface area contributed by atoms with Gasteiger partial charge in [-0.3, -0.25) is 4.79 Å². The van der Waals surface area contributed by atoms with E-state index in [2.05, 4.69) is 0 Å². The van der Waals surface area contributed by atoms with E-state index in [0.29, 0.717) is 36.7 Å². The fraction of sp³-hybridized carbons (Fsp3) is 0.316. The monoisotopic (exact) mass is 343 g/mol. The number of fused-ring (bicyclic) bond motifs is 1. The minimum absolute atomic E-state index is 0.228. The standard InChI is InChI=1S/C19H18FNO4/c20-13-6-4-12(5-7-13)16-10-14(22)11-21(16)19(23)15-2-1-3-17-18(15)25-9-8-24-17/h1-7,14,16,22H,8-11H2/t14-,16-/m1/s1. The van der Waals surface area contributed by atoms with Crippen molar-refractivity contribution < 1.29 is 23.8 Å². The van der Waals surface area contributed by atoms with Gasteiger partial charge < -0.3 is 19.5 Å². The van der Waals surface area contributed by atoms with Gasteiger partial charge in [-0.25, -0.2) is 4.39 Å². The lowest BCUT2D eigenvalue weighted by Gasteiger charge is -2.27. The Balaban J connectivity index is 1.67. The van der Waals surface area contributed by atoms with Gasteiger partial charge in [0.25, 0.3) is 5.91 Å². The second-order valence-corrected chi connectivity index (χ2v) is 6.24. The molecule has 2 aromatic rings. The van der Waals surface area contributed by atoms with Crippen molar-refractivity contribution in [2.45, 2.75) is 18.6 Å². The Morgan fingerprint density at radius 3 is 2.68 bits per heavy atom. The van der Waals surface area contributed by atoms with Gasteiger partial charge in [0.05, 0.1) is 17.7 Å². The van der Waals surface area contributed by atoms with E-state index in [-0.39, 0.29) is 24.3 Å². The van der Waals surface area contributed by atoms with Crippen LogP contribution in [-0.2, 0) is 0 Å². The zero-order valence-corrected chi connectivity index (χ0v) is 13.5. The molecule has 6 heteroatoms. The summed E-state index contributed by atoms with van der Waals surface area (Å²) in [6.45, 7) is 1.07. The lowest BCUT2D eigenvalue weighted by Crippen LogP contribution is -2.32. The van der Waals surface area contributed by atoms with Crippen molar-refractivity contribution >= 4 is 5.91 Å². The van der Waals surface area contributed by atoms with Gasteiger partial charge in [-0.05, 0) is 36.2 Å². The third-order valence-electron chi connectivity index (χ3n) is 4.59. The van der Waals surface area contributed by atoms with E-state index >= 15 is 0 Å². The molecular weight excluding hydrogens is 325 g/mol. The molecule has 2 aromatic carbocycles. The Labute approximate surface area is 144 Å². The molecule has 2 aliphatic rings. The Kier molecular flexibility index (Phi) is 4.05. The molecular formula is C19H18FNO4. The van der Waals surface area contributed by atoms with Crippen molar-refractivity contribution in [1.29, 1.82) is 0 Å². The van der Waals surface area contributed by atoms with Crippen molar-refractivity contribution in [1.82, 2.24) is 4.90 Å². The van der Waals surface area contributed by atoms with Gasteiger partial charge in [-0.1, -0.05) is 18.2 Å². The number of aliphatic hydroxyl groups is 1. The minimum Gasteiger partial charge on any atom is -0.486 e. The predicted octanol–water partition coefficient (Wildman–Crippen LogP) is 2.55. The number of carbonyl (C=O) groups is 1. The largest absolute Gasteiger partial charge is 0.486 e. The highest BCUT2D eigenvalue weighted by atomic mass is 19.1. The Bertz CT molecular complexity index is 793. The normalized spacial score (nSPS) is 22.1. The maximum Gasteiger partial charge on any atom is 0.258 e. The number of likely N-dealkylation sites (tertiary alicyclic amines) is 1. The van der Waals surface area contributed by atoms with Gasteiger partial charge in [0.2, 0.25) is 0 Å². The summed E-state index contributed by atoms with van der Waals surface area (Å²) in [6.07, 6.45) is -0.195. The van der Waals surface area contributed by atoms with Gasteiger partial charge in [-0.2, -0.15) is 0 Å². The third kappa shape index (κ3) is 2.93. The molecule has 2 heterocycles. The second-order valence-electron chi connectivity index (χ2n) is 6.24. The molecule has 0 bridgehead atoms. The first-order chi connectivity index (χ1) is 12.1. The van der Waals surface area contributed by atoms with Crippen molar-refractivity contribution in [2.24, 2.45) is 0 Å². The summed E-state index contributed by atoms with van der Waals surface area (Å²) >= 11 is 0. The Morgan fingerprint density at radius 1 is 1.12 bits per heavy atom. The summed E-state index contributed by atoms with van der Waals surface area (Å²) in [5, 5.41) is 10.1. The number of rotatable bonds is 2. The van der Waals surface area contributed by atoms with Crippen LogP contribution in [0.1, 0.15) is 28.4 Å². The van der Waals surface area contributed by atoms with Gasteiger partial charge in [0.1, 0.15) is 19.0 Å². The molecule has 1 fully saturated rings. The van der Waals surface area contributed by atoms with Crippen LogP contribution >= 0.6 is 0 Å². The van der Waals surface area contributed by atoms with Gasteiger partial charge >= 0.3 is 0 Å². The number of hydrogen-bond acceptors (Lipinski definition) is 4. The van der Waals surface area contributed by atoms with Crippen LogP contribution in [0.4, 0.5) is 4.39 Å². The quantitative estimate of drug-likeness (QED) is 0.910. The molecule has 5 nitrogen and oxygen atoms in total. The molecule has 0 spiro atoms. The molecule has 0 aromatic heterocycles. The van der Waals surface area contributed by atoms with Crippen LogP contribution in [-0.4, -0.2) is 41.8 Å². The molecule has 4 rings (SSSR count). The first-order valence-corrected chi connectivity index (χ1v) is 8.26. The average Bonchev–Trinajstić information content (AvgIpc) is 3.03. The molecule has 0 aliphatic carbocycles. The molecule has 1 amide bonds. The van der Waals surface area contributed by atoms with Crippen molar-refractivity contribution in [3.05, 3.63) is 59.4 Å². The van der Waals surface area contributed by atoms with Crippen LogP contribution in [0.3, 0.4) is 0 Å². The Morgan fingerprint density at radius 2 is 1.88 bits per heavy atom. The summed E-state index contributed by atoms with van der Waals surface area (Å²) < 4.78 is 24.4. The topological polar surface area (TPSA) is 59.0 Å². The molecule has 25 heavy (non-hydrogen) atoms. The van der Waals surface area contributed by atoms with Gasteiger partial charge in [0, 0.05) is 6.54 Å². The van der Waals surface area contributed by atoms with Gasteiger partial charge in [0.15, 0.2) is 11.5 Å². The number of amides is 1.